The standard InChI is InChI=1S/C13H15NO4/c1-9(15)14-6-7-18-12(8-14)10-2-4-11(5-3-10)13(16)17/h2-5,12H,6-8H2,1H3,(H,16,17). The van der Waals surface area contributed by atoms with Crippen molar-refractivity contribution in [1.29, 1.82) is 0 Å². The molecule has 5 nitrogen and oxygen atoms in total. The molecule has 1 aromatic carbocycles. The molecule has 1 aliphatic rings. The third-order valence-electron chi connectivity index (χ3n) is 3.04. The van der Waals surface area contributed by atoms with E-state index in [1.54, 1.807) is 29.2 Å². The third-order valence-corrected chi connectivity index (χ3v) is 3.04. The minimum absolute atomic E-state index is 0.0328. The lowest BCUT2D eigenvalue weighted by atomic mass is 10.1. The number of ether oxygens (including phenoxy) is 1. The van der Waals surface area contributed by atoms with Crippen LogP contribution in [0.15, 0.2) is 24.3 Å². The van der Waals surface area contributed by atoms with Gasteiger partial charge in [-0.05, 0) is 17.7 Å². The molecule has 5 heteroatoms. The molecule has 0 bridgehead atoms. The van der Waals surface area contributed by atoms with E-state index in [-0.39, 0.29) is 17.6 Å². The van der Waals surface area contributed by atoms with E-state index in [9.17, 15) is 9.59 Å². The van der Waals surface area contributed by atoms with Crippen molar-refractivity contribution in [2.45, 2.75) is 13.0 Å². The first-order valence-corrected chi connectivity index (χ1v) is 5.78. The number of benzene rings is 1. The summed E-state index contributed by atoms with van der Waals surface area (Å²) in [5, 5.41) is 8.82. The fourth-order valence-electron chi connectivity index (χ4n) is 1.98. The van der Waals surface area contributed by atoms with E-state index in [0.717, 1.165) is 5.56 Å². The van der Waals surface area contributed by atoms with Crippen molar-refractivity contribution in [3.05, 3.63) is 35.4 Å². The van der Waals surface area contributed by atoms with Gasteiger partial charge in [0.15, 0.2) is 0 Å². The summed E-state index contributed by atoms with van der Waals surface area (Å²) in [5.74, 6) is -0.915. The van der Waals surface area contributed by atoms with Crippen LogP contribution in [0.1, 0.15) is 28.9 Å². The number of carboxylic acids is 1. The summed E-state index contributed by atoms with van der Waals surface area (Å²) in [5.41, 5.74) is 1.14. The lowest BCUT2D eigenvalue weighted by molar-refractivity contribution is -0.136. The van der Waals surface area contributed by atoms with Crippen LogP contribution >= 0.6 is 0 Å². The van der Waals surface area contributed by atoms with Gasteiger partial charge in [-0.3, -0.25) is 4.79 Å². The molecule has 0 saturated carbocycles. The molecule has 1 atom stereocenters. The van der Waals surface area contributed by atoms with Crippen LogP contribution in [0.3, 0.4) is 0 Å². The Hall–Kier alpha value is -1.88. The Morgan fingerprint density at radius 1 is 1.33 bits per heavy atom. The first-order valence-electron chi connectivity index (χ1n) is 5.78. The summed E-state index contributed by atoms with van der Waals surface area (Å²) < 4.78 is 5.60. The topological polar surface area (TPSA) is 66.8 Å². The van der Waals surface area contributed by atoms with E-state index < -0.39 is 5.97 Å². The summed E-state index contributed by atoms with van der Waals surface area (Å²) >= 11 is 0. The van der Waals surface area contributed by atoms with E-state index in [4.69, 9.17) is 9.84 Å². The molecular weight excluding hydrogens is 234 g/mol. The van der Waals surface area contributed by atoms with Crippen LogP contribution in [0, 0.1) is 0 Å². The first-order chi connectivity index (χ1) is 8.58. The molecule has 0 spiro atoms. The van der Waals surface area contributed by atoms with Crippen LogP contribution in [0.5, 0.6) is 0 Å². The zero-order valence-electron chi connectivity index (χ0n) is 10.1. The summed E-state index contributed by atoms with van der Waals surface area (Å²) in [7, 11) is 0. The van der Waals surface area contributed by atoms with E-state index in [2.05, 4.69) is 0 Å². The fourth-order valence-corrected chi connectivity index (χ4v) is 1.98. The number of carbonyl (C=O) groups is 2. The number of morpholine rings is 1. The highest BCUT2D eigenvalue weighted by molar-refractivity contribution is 5.87. The van der Waals surface area contributed by atoms with Gasteiger partial charge in [-0.15, -0.1) is 0 Å². The molecule has 1 amide bonds. The summed E-state index contributed by atoms with van der Waals surface area (Å²) in [6.07, 6.45) is -0.175. The van der Waals surface area contributed by atoms with E-state index >= 15 is 0 Å². The van der Waals surface area contributed by atoms with Crippen molar-refractivity contribution in [2.75, 3.05) is 19.7 Å². The number of hydrogen-bond acceptors (Lipinski definition) is 3. The van der Waals surface area contributed by atoms with Gasteiger partial charge in [0.1, 0.15) is 6.10 Å². The number of carbonyl (C=O) groups excluding carboxylic acids is 1. The Morgan fingerprint density at radius 3 is 2.56 bits per heavy atom. The van der Waals surface area contributed by atoms with Crippen molar-refractivity contribution >= 4 is 11.9 Å². The number of rotatable bonds is 2. The molecular formula is C13H15NO4. The van der Waals surface area contributed by atoms with Gasteiger partial charge in [0.05, 0.1) is 18.7 Å². The van der Waals surface area contributed by atoms with Crippen LogP contribution < -0.4 is 0 Å². The molecule has 18 heavy (non-hydrogen) atoms. The van der Waals surface area contributed by atoms with Crippen LogP contribution in [-0.2, 0) is 9.53 Å². The molecule has 1 heterocycles. The van der Waals surface area contributed by atoms with Crippen LogP contribution in [0.25, 0.3) is 0 Å². The maximum Gasteiger partial charge on any atom is 0.335 e. The van der Waals surface area contributed by atoms with E-state index in [1.165, 1.54) is 6.92 Å². The smallest absolute Gasteiger partial charge is 0.335 e. The highest BCUT2D eigenvalue weighted by Crippen LogP contribution is 2.22. The summed E-state index contributed by atoms with van der Waals surface area (Å²) in [4.78, 5) is 23.8. The van der Waals surface area contributed by atoms with Crippen molar-refractivity contribution in [3.63, 3.8) is 0 Å². The summed E-state index contributed by atoms with van der Waals surface area (Å²) in [6, 6.07) is 6.57. The van der Waals surface area contributed by atoms with Gasteiger partial charge in [0.25, 0.3) is 0 Å². The van der Waals surface area contributed by atoms with Gasteiger partial charge in [0.2, 0.25) is 5.91 Å². The van der Waals surface area contributed by atoms with Gasteiger partial charge >= 0.3 is 5.97 Å². The number of aromatic carboxylic acids is 1. The molecule has 1 unspecified atom stereocenters. The largest absolute Gasteiger partial charge is 0.478 e. The highest BCUT2D eigenvalue weighted by atomic mass is 16.5. The predicted molar refractivity (Wildman–Crippen MR) is 64.3 cm³/mol. The molecule has 1 aromatic rings. The van der Waals surface area contributed by atoms with Gasteiger partial charge in [-0.25, -0.2) is 4.79 Å². The second kappa shape index (κ2) is 5.18. The summed E-state index contributed by atoms with van der Waals surface area (Å²) in [6.45, 7) is 3.17. The molecule has 1 saturated heterocycles. The lowest BCUT2D eigenvalue weighted by Crippen LogP contribution is -2.41. The highest BCUT2D eigenvalue weighted by Gasteiger charge is 2.23. The van der Waals surface area contributed by atoms with Crippen molar-refractivity contribution in [2.24, 2.45) is 0 Å². The lowest BCUT2D eigenvalue weighted by Gasteiger charge is -2.32. The molecule has 0 aliphatic carbocycles. The number of nitrogens with zero attached hydrogens (tertiary/aromatic N) is 1. The van der Waals surface area contributed by atoms with Crippen molar-refractivity contribution < 1.29 is 19.4 Å². The third kappa shape index (κ3) is 2.68. The molecule has 0 aromatic heterocycles. The molecule has 0 radical (unpaired) electrons. The Morgan fingerprint density at radius 2 is 2.00 bits per heavy atom. The quantitative estimate of drug-likeness (QED) is 0.858. The molecule has 96 valence electrons. The van der Waals surface area contributed by atoms with E-state index in [1.807, 2.05) is 0 Å². The van der Waals surface area contributed by atoms with E-state index in [0.29, 0.717) is 19.7 Å². The van der Waals surface area contributed by atoms with Crippen LogP contribution in [0.4, 0.5) is 0 Å². The number of amides is 1. The van der Waals surface area contributed by atoms with Gasteiger partial charge in [-0.1, -0.05) is 12.1 Å². The minimum atomic E-state index is -0.948. The average molecular weight is 249 g/mol. The molecule has 1 aliphatic heterocycles. The average Bonchev–Trinajstić information content (AvgIpc) is 2.39. The normalized spacial score (nSPS) is 19.6. The Kier molecular flexibility index (Phi) is 3.62. The zero-order valence-corrected chi connectivity index (χ0v) is 10.1. The minimum Gasteiger partial charge on any atom is -0.478 e. The number of hydrogen-bond donors (Lipinski definition) is 1. The number of carboxylic acid groups (broad SMARTS) is 1. The van der Waals surface area contributed by atoms with Crippen molar-refractivity contribution in [1.82, 2.24) is 4.90 Å². The Labute approximate surface area is 105 Å². The Balaban J connectivity index is 2.11. The Bertz CT molecular complexity index is 455. The second-order valence-corrected chi connectivity index (χ2v) is 4.25. The maximum atomic E-state index is 11.3. The molecule has 1 fully saturated rings. The van der Waals surface area contributed by atoms with Crippen molar-refractivity contribution in [3.8, 4) is 0 Å². The zero-order chi connectivity index (χ0) is 13.1. The van der Waals surface area contributed by atoms with Gasteiger partial charge in [-0.2, -0.15) is 0 Å². The maximum absolute atomic E-state index is 11.3. The van der Waals surface area contributed by atoms with Gasteiger partial charge in [0, 0.05) is 13.5 Å². The SMILES string of the molecule is CC(=O)N1CCOC(c2ccc(C(=O)O)cc2)C1. The first kappa shape index (κ1) is 12.6. The van der Waals surface area contributed by atoms with Crippen LogP contribution in [0.2, 0.25) is 0 Å². The molecule has 2 rings (SSSR count). The monoisotopic (exact) mass is 249 g/mol. The predicted octanol–water partition coefficient (Wildman–Crippen LogP) is 1.30. The van der Waals surface area contributed by atoms with Gasteiger partial charge < -0.3 is 14.7 Å². The van der Waals surface area contributed by atoms with Crippen LogP contribution in [-0.4, -0.2) is 41.6 Å². The molecule has 1 N–H and O–H groups in total. The fraction of sp³-hybridized carbons (Fsp3) is 0.385. The second-order valence-electron chi connectivity index (χ2n) is 4.25.